The third-order valence-corrected chi connectivity index (χ3v) is 3.23. The molecule has 19 heavy (non-hydrogen) atoms. The molecule has 5 heteroatoms. The average Bonchev–Trinajstić information content (AvgIpc) is 2.84. The van der Waals surface area contributed by atoms with Gasteiger partial charge >= 0.3 is 0 Å². The number of carbonyl (C=O) groups is 1. The Bertz CT molecular complexity index is 563. The van der Waals surface area contributed by atoms with E-state index in [1.807, 2.05) is 31.2 Å². The van der Waals surface area contributed by atoms with Crippen LogP contribution < -0.4 is 5.73 Å². The van der Waals surface area contributed by atoms with Gasteiger partial charge in [0.15, 0.2) is 10.4 Å². The van der Waals surface area contributed by atoms with Crippen LogP contribution in [0.4, 0.5) is 5.69 Å². The Hall–Kier alpha value is -1.75. The first kappa shape index (κ1) is 13.7. The lowest BCUT2D eigenvalue weighted by atomic mass is 10.2. The summed E-state index contributed by atoms with van der Waals surface area (Å²) in [4.78, 5) is 14.0. The molecule has 0 aliphatic carbocycles. The van der Waals surface area contributed by atoms with Crippen LogP contribution in [-0.2, 0) is 6.54 Å². The summed E-state index contributed by atoms with van der Waals surface area (Å²) in [7, 11) is 0. The van der Waals surface area contributed by atoms with Crippen molar-refractivity contribution >= 4 is 27.5 Å². The predicted molar refractivity (Wildman–Crippen MR) is 77.7 cm³/mol. The number of nitrogens with two attached hydrogens (primary N) is 1. The van der Waals surface area contributed by atoms with Crippen LogP contribution in [0.5, 0.6) is 0 Å². The minimum absolute atomic E-state index is 0.120. The number of halogens is 1. The van der Waals surface area contributed by atoms with E-state index < -0.39 is 0 Å². The van der Waals surface area contributed by atoms with Crippen molar-refractivity contribution in [1.82, 2.24) is 4.90 Å². The minimum Gasteiger partial charge on any atom is -0.444 e. The van der Waals surface area contributed by atoms with Crippen LogP contribution in [0, 0.1) is 0 Å². The van der Waals surface area contributed by atoms with Gasteiger partial charge in [0.1, 0.15) is 0 Å². The van der Waals surface area contributed by atoms with Crippen molar-refractivity contribution in [3.8, 4) is 0 Å². The molecule has 1 aromatic heterocycles. The minimum atomic E-state index is -0.120. The second kappa shape index (κ2) is 5.93. The highest BCUT2D eigenvalue weighted by Gasteiger charge is 2.17. The van der Waals surface area contributed by atoms with Crippen molar-refractivity contribution in [2.75, 3.05) is 12.3 Å². The third kappa shape index (κ3) is 3.38. The Morgan fingerprint density at radius 3 is 2.47 bits per heavy atom. The van der Waals surface area contributed by atoms with E-state index >= 15 is 0 Å². The molecule has 2 rings (SSSR count). The number of hydrogen-bond acceptors (Lipinski definition) is 3. The van der Waals surface area contributed by atoms with Gasteiger partial charge in [0, 0.05) is 18.8 Å². The van der Waals surface area contributed by atoms with Crippen molar-refractivity contribution < 1.29 is 9.21 Å². The molecular formula is C14H15BrN2O2. The molecule has 1 amide bonds. The van der Waals surface area contributed by atoms with Crippen molar-refractivity contribution in [3.63, 3.8) is 0 Å². The molecule has 0 saturated carbocycles. The standard InChI is InChI=1S/C14H15BrN2O2/c1-2-17(9-10-3-5-11(16)6-4-10)14(18)12-7-8-13(15)19-12/h3-8H,2,9,16H2,1H3. The first-order chi connectivity index (χ1) is 9.10. The zero-order valence-electron chi connectivity index (χ0n) is 10.6. The summed E-state index contributed by atoms with van der Waals surface area (Å²) in [6.07, 6.45) is 0. The summed E-state index contributed by atoms with van der Waals surface area (Å²) >= 11 is 3.19. The van der Waals surface area contributed by atoms with Gasteiger partial charge in [-0.15, -0.1) is 0 Å². The molecule has 0 saturated heterocycles. The van der Waals surface area contributed by atoms with Gasteiger partial charge in [-0.25, -0.2) is 0 Å². The van der Waals surface area contributed by atoms with E-state index in [4.69, 9.17) is 10.2 Å². The normalized spacial score (nSPS) is 10.4. The number of nitrogen functional groups attached to an aromatic ring is 1. The Labute approximate surface area is 120 Å². The number of carbonyl (C=O) groups excluding carboxylic acids is 1. The van der Waals surface area contributed by atoms with E-state index in [-0.39, 0.29) is 5.91 Å². The maximum atomic E-state index is 12.2. The number of benzene rings is 1. The third-order valence-electron chi connectivity index (χ3n) is 2.81. The average molecular weight is 323 g/mol. The van der Waals surface area contributed by atoms with E-state index in [0.717, 1.165) is 5.56 Å². The fraction of sp³-hybridized carbons (Fsp3) is 0.214. The molecule has 4 nitrogen and oxygen atoms in total. The van der Waals surface area contributed by atoms with Gasteiger partial charge in [0.05, 0.1) is 0 Å². The van der Waals surface area contributed by atoms with Crippen LogP contribution in [0.1, 0.15) is 23.0 Å². The smallest absolute Gasteiger partial charge is 0.289 e. The summed E-state index contributed by atoms with van der Waals surface area (Å²) in [5.41, 5.74) is 7.40. The molecule has 0 atom stereocenters. The van der Waals surface area contributed by atoms with E-state index in [2.05, 4.69) is 15.9 Å². The second-order valence-corrected chi connectivity index (χ2v) is 4.95. The quantitative estimate of drug-likeness (QED) is 0.879. The first-order valence-corrected chi connectivity index (χ1v) is 6.78. The van der Waals surface area contributed by atoms with Gasteiger partial charge in [-0.05, 0) is 52.7 Å². The summed E-state index contributed by atoms with van der Waals surface area (Å²) in [6.45, 7) is 3.09. The molecule has 0 aliphatic rings. The highest BCUT2D eigenvalue weighted by Crippen LogP contribution is 2.17. The Morgan fingerprint density at radius 2 is 1.95 bits per heavy atom. The van der Waals surface area contributed by atoms with Gasteiger partial charge in [-0.3, -0.25) is 4.79 Å². The Morgan fingerprint density at radius 1 is 1.26 bits per heavy atom. The molecular weight excluding hydrogens is 308 g/mol. The topological polar surface area (TPSA) is 59.5 Å². The monoisotopic (exact) mass is 322 g/mol. The molecule has 0 spiro atoms. The van der Waals surface area contributed by atoms with Gasteiger partial charge in [-0.1, -0.05) is 12.1 Å². The summed E-state index contributed by atoms with van der Waals surface area (Å²) in [6, 6.07) is 10.9. The zero-order chi connectivity index (χ0) is 13.8. The van der Waals surface area contributed by atoms with E-state index in [0.29, 0.717) is 29.2 Å². The molecule has 0 aliphatic heterocycles. The molecule has 100 valence electrons. The van der Waals surface area contributed by atoms with Crippen molar-refractivity contribution in [2.45, 2.75) is 13.5 Å². The lowest BCUT2D eigenvalue weighted by molar-refractivity contribution is 0.0719. The number of rotatable bonds is 4. The molecule has 0 fully saturated rings. The summed E-state index contributed by atoms with van der Waals surface area (Å²) in [5, 5.41) is 0. The second-order valence-electron chi connectivity index (χ2n) is 4.16. The number of amides is 1. The number of anilines is 1. The first-order valence-electron chi connectivity index (χ1n) is 5.99. The van der Waals surface area contributed by atoms with Crippen molar-refractivity contribution in [2.24, 2.45) is 0 Å². The zero-order valence-corrected chi connectivity index (χ0v) is 12.2. The Kier molecular flexibility index (Phi) is 4.27. The van der Waals surface area contributed by atoms with Crippen molar-refractivity contribution in [1.29, 1.82) is 0 Å². The predicted octanol–water partition coefficient (Wildman–Crippen LogP) is 3.29. The van der Waals surface area contributed by atoms with Gasteiger partial charge in [0.25, 0.3) is 5.91 Å². The molecule has 1 aromatic carbocycles. The lowest BCUT2D eigenvalue weighted by Gasteiger charge is -2.19. The molecule has 0 bridgehead atoms. The Balaban J connectivity index is 2.11. The van der Waals surface area contributed by atoms with Gasteiger partial charge in [0.2, 0.25) is 0 Å². The molecule has 0 unspecified atom stereocenters. The number of furan rings is 1. The highest BCUT2D eigenvalue weighted by molar-refractivity contribution is 9.10. The van der Waals surface area contributed by atoms with Crippen molar-refractivity contribution in [3.05, 3.63) is 52.4 Å². The molecule has 0 radical (unpaired) electrons. The number of nitrogens with zero attached hydrogens (tertiary/aromatic N) is 1. The van der Waals surface area contributed by atoms with E-state index in [1.54, 1.807) is 17.0 Å². The number of hydrogen-bond donors (Lipinski definition) is 1. The lowest BCUT2D eigenvalue weighted by Crippen LogP contribution is -2.29. The van der Waals surface area contributed by atoms with Crippen LogP contribution in [-0.4, -0.2) is 17.4 Å². The fourth-order valence-electron chi connectivity index (χ4n) is 1.76. The maximum Gasteiger partial charge on any atom is 0.289 e. The fourth-order valence-corrected chi connectivity index (χ4v) is 2.06. The van der Waals surface area contributed by atoms with Crippen LogP contribution in [0.2, 0.25) is 0 Å². The van der Waals surface area contributed by atoms with E-state index in [1.165, 1.54) is 0 Å². The summed E-state index contributed by atoms with van der Waals surface area (Å²) in [5.74, 6) is 0.217. The SMILES string of the molecule is CCN(Cc1ccc(N)cc1)C(=O)c1ccc(Br)o1. The maximum absolute atomic E-state index is 12.2. The van der Waals surface area contributed by atoms with Crippen LogP contribution in [0.15, 0.2) is 45.5 Å². The molecule has 1 heterocycles. The van der Waals surface area contributed by atoms with Gasteiger partial charge < -0.3 is 15.1 Å². The molecule has 2 N–H and O–H groups in total. The largest absolute Gasteiger partial charge is 0.444 e. The van der Waals surface area contributed by atoms with Gasteiger partial charge in [-0.2, -0.15) is 0 Å². The van der Waals surface area contributed by atoms with Crippen LogP contribution in [0.3, 0.4) is 0 Å². The molecule has 2 aromatic rings. The van der Waals surface area contributed by atoms with Crippen LogP contribution >= 0.6 is 15.9 Å². The summed E-state index contributed by atoms with van der Waals surface area (Å²) < 4.78 is 5.85. The highest BCUT2D eigenvalue weighted by atomic mass is 79.9. The van der Waals surface area contributed by atoms with Crippen LogP contribution in [0.25, 0.3) is 0 Å². The van der Waals surface area contributed by atoms with E-state index in [9.17, 15) is 4.79 Å².